The van der Waals surface area contributed by atoms with Gasteiger partial charge in [0.25, 0.3) is 0 Å². The molecular weight excluding hydrogens is 297 g/mol. The molecule has 0 amide bonds. The second kappa shape index (κ2) is 3.87. The van der Waals surface area contributed by atoms with Crippen LogP contribution in [0.4, 0.5) is 18.9 Å². The first-order chi connectivity index (χ1) is 7.82. The van der Waals surface area contributed by atoms with Gasteiger partial charge in [-0.15, -0.1) is 0 Å². The number of aromatic nitrogens is 1. The van der Waals surface area contributed by atoms with Crippen molar-refractivity contribution in [2.75, 3.05) is 5.73 Å². The highest BCUT2D eigenvalue weighted by Crippen LogP contribution is 2.37. The lowest BCUT2D eigenvalue weighted by Gasteiger charge is -2.14. The summed E-state index contributed by atoms with van der Waals surface area (Å²) >= 11 is 3.17. The third-order valence-electron chi connectivity index (χ3n) is 2.53. The highest BCUT2D eigenvalue weighted by Gasteiger charge is 2.35. The molecule has 2 aromatic rings. The topological polar surface area (TPSA) is 38.9 Å². The molecule has 0 bridgehead atoms. The van der Waals surface area contributed by atoms with Gasteiger partial charge in [-0.05, 0) is 28.9 Å². The van der Waals surface area contributed by atoms with E-state index in [4.69, 9.17) is 5.73 Å². The van der Waals surface area contributed by atoms with Gasteiger partial charge in [0.05, 0.1) is 5.52 Å². The van der Waals surface area contributed by atoms with Crippen LogP contribution < -0.4 is 5.73 Å². The number of hydrogen-bond acceptors (Lipinski definition) is 2. The van der Waals surface area contributed by atoms with E-state index in [-0.39, 0.29) is 16.8 Å². The number of para-hydroxylation sites is 1. The molecule has 0 aliphatic carbocycles. The predicted octanol–water partition coefficient (Wildman–Crippen LogP) is 3.91. The van der Waals surface area contributed by atoms with Gasteiger partial charge in [0.2, 0.25) is 0 Å². The first kappa shape index (κ1) is 12.2. The zero-order valence-corrected chi connectivity index (χ0v) is 10.4. The molecule has 0 saturated heterocycles. The molecule has 90 valence electrons. The molecule has 0 aliphatic heterocycles. The van der Waals surface area contributed by atoms with E-state index in [9.17, 15) is 13.2 Å². The fraction of sp³-hybridized carbons (Fsp3) is 0.182. The smallest absolute Gasteiger partial charge is 0.398 e. The molecule has 0 radical (unpaired) electrons. The number of pyridine rings is 1. The number of alkyl halides is 3. The summed E-state index contributed by atoms with van der Waals surface area (Å²) in [6.45, 7) is 1.32. The van der Waals surface area contributed by atoms with Crippen molar-refractivity contribution >= 4 is 32.5 Å². The van der Waals surface area contributed by atoms with Crippen LogP contribution in [0.1, 0.15) is 11.3 Å². The molecule has 0 atom stereocenters. The van der Waals surface area contributed by atoms with Gasteiger partial charge < -0.3 is 5.73 Å². The molecule has 1 aromatic carbocycles. The number of nitrogens with two attached hydrogens (primary N) is 1. The van der Waals surface area contributed by atoms with Crippen molar-refractivity contribution in [1.29, 1.82) is 0 Å². The summed E-state index contributed by atoms with van der Waals surface area (Å²) in [4.78, 5) is 3.65. The van der Waals surface area contributed by atoms with Crippen LogP contribution in [0.2, 0.25) is 0 Å². The van der Waals surface area contributed by atoms with Gasteiger partial charge in [0.1, 0.15) is 5.69 Å². The normalized spacial score (nSPS) is 12.1. The van der Waals surface area contributed by atoms with Crippen LogP contribution in [0.25, 0.3) is 10.9 Å². The van der Waals surface area contributed by atoms with Crippen LogP contribution >= 0.6 is 15.9 Å². The van der Waals surface area contributed by atoms with Gasteiger partial charge in [-0.25, -0.2) is 4.98 Å². The Bertz CT molecular complexity index is 593. The predicted molar refractivity (Wildman–Crippen MR) is 63.6 cm³/mol. The summed E-state index contributed by atoms with van der Waals surface area (Å²) < 4.78 is 38.8. The zero-order chi connectivity index (χ0) is 12.8. The number of benzene rings is 1. The molecule has 2 nitrogen and oxygen atoms in total. The van der Waals surface area contributed by atoms with Crippen LogP contribution in [0.15, 0.2) is 22.7 Å². The minimum atomic E-state index is -4.50. The zero-order valence-electron chi connectivity index (χ0n) is 8.77. The highest BCUT2D eigenvalue weighted by atomic mass is 79.9. The molecule has 1 heterocycles. The number of nitrogens with zero attached hydrogens (tertiary/aromatic N) is 1. The minimum absolute atomic E-state index is 0.0388. The van der Waals surface area contributed by atoms with Crippen molar-refractivity contribution < 1.29 is 13.2 Å². The average Bonchev–Trinajstić information content (AvgIpc) is 2.22. The largest absolute Gasteiger partial charge is 0.433 e. The third-order valence-corrected chi connectivity index (χ3v) is 3.17. The maximum Gasteiger partial charge on any atom is 0.433 e. The van der Waals surface area contributed by atoms with Crippen molar-refractivity contribution in [3.63, 3.8) is 0 Å². The number of anilines is 1. The molecule has 6 heteroatoms. The third kappa shape index (κ3) is 1.97. The van der Waals surface area contributed by atoms with E-state index in [1.807, 2.05) is 0 Å². The Morgan fingerprint density at radius 3 is 2.53 bits per heavy atom. The molecule has 0 unspecified atom stereocenters. The van der Waals surface area contributed by atoms with Gasteiger partial charge >= 0.3 is 6.18 Å². The second-order valence-electron chi connectivity index (χ2n) is 3.63. The Morgan fingerprint density at radius 2 is 1.94 bits per heavy atom. The first-order valence-electron chi connectivity index (χ1n) is 4.74. The number of fused-ring (bicyclic) bond motifs is 1. The van der Waals surface area contributed by atoms with Crippen molar-refractivity contribution in [3.8, 4) is 0 Å². The number of hydrogen-bond donors (Lipinski definition) is 1. The Labute approximate surface area is 104 Å². The molecule has 0 saturated carbocycles. The van der Waals surface area contributed by atoms with Crippen molar-refractivity contribution in [3.05, 3.63) is 33.9 Å². The van der Waals surface area contributed by atoms with Crippen LogP contribution in [0, 0.1) is 6.92 Å². The molecule has 2 N–H and O–H groups in total. The van der Waals surface area contributed by atoms with Crippen molar-refractivity contribution in [1.82, 2.24) is 4.98 Å². The SMILES string of the molecule is Cc1c(C(F)(F)F)nc2c(Br)cccc2c1N. The lowest BCUT2D eigenvalue weighted by molar-refractivity contribution is -0.141. The van der Waals surface area contributed by atoms with E-state index in [1.165, 1.54) is 6.92 Å². The summed E-state index contributed by atoms with van der Waals surface area (Å²) in [7, 11) is 0. The molecule has 17 heavy (non-hydrogen) atoms. The van der Waals surface area contributed by atoms with Crippen LogP contribution in [-0.2, 0) is 6.18 Å². The van der Waals surface area contributed by atoms with Gasteiger partial charge in [0, 0.05) is 21.1 Å². The lowest BCUT2D eigenvalue weighted by Crippen LogP contribution is -2.12. The summed E-state index contributed by atoms with van der Waals surface area (Å²) in [5.74, 6) is 0. The minimum Gasteiger partial charge on any atom is -0.398 e. The van der Waals surface area contributed by atoms with Gasteiger partial charge in [-0.2, -0.15) is 13.2 Å². The number of halogens is 4. The monoisotopic (exact) mass is 304 g/mol. The molecule has 0 spiro atoms. The van der Waals surface area contributed by atoms with Crippen LogP contribution in [0.3, 0.4) is 0 Å². The molecule has 0 aliphatic rings. The maximum atomic E-state index is 12.8. The number of rotatable bonds is 0. The Hall–Kier alpha value is -1.30. The molecular formula is C11H8BrF3N2. The van der Waals surface area contributed by atoms with E-state index < -0.39 is 11.9 Å². The summed E-state index contributed by atoms with van der Waals surface area (Å²) in [6.07, 6.45) is -4.50. The molecule has 2 rings (SSSR count). The summed E-state index contributed by atoms with van der Waals surface area (Å²) in [5.41, 5.74) is 5.09. The molecule has 0 fully saturated rings. The fourth-order valence-corrected chi connectivity index (χ4v) is 2.10. The Kier molecular flexibility index (Phi) is 2.77. The number of nitrogen functional groups attached to an aromatic ring is 1. The van der Waals surface area contributed by atoms with Crippen LogP contribution in [0.5, 0.6) is 0 Å². The Morgan fingerprint density at radius 1 is 1.29 bits per heavy atom. The highest BCUT2D eigenvalue weighted by molar-refractivity contribution is 9.10. The van der Waals surface area contributed by atoms with Crippen LogP contribution in [-0.4, -0.2) is 4.98 Å². The van der Waals surface area contributed by atoms with E-state index in [0.717, 1.165) is 0 Å². The summed E-state index contributed by atoms with van der Waals surface area (Å²) in [6, 6.07) is 4.98. The van der Waals surface area contributed by atoms with Gasteiger partial charge in [-0.1, -0.05) is 12.1 Å². The van der Waals surface area contributed by atoms with Crippen molar-refractivity contribution in [2.45, 2.75) is 13.1 Å². The Balaban J connectivity index is 2.91. The van der Waals surface area contributed by atoms with E-state index in [1.54, 1.807) is 18.2 Å². The second-order valence-corrected chi connectivity index (χ2v) is 4.49. The fourth-order valence-electron chi connectivity index (χ4n) is 1.65. The van der Waals surface area contributed by atoms with Gasteiger partial charge in [-0.3, -0.25) is 0 Å². The summed E-state index contributed by atoms with van der Waals surface area (Å²) in [5, 5.41) is 0.518. The maximum absolute atomic E-state index is 12.8. The van der Waals surface area contributed by atoms with E-state index in [2.05, 4.69) is 20.9 Å². The first-order valence-corrected chi connectivity index (χ1v) is 5.53. The quantitative estimate of drug-likeness (QED) is 0.801. The van der Waals surface area contributed by atoms with E-state index >= 15 is 0 Å². The van der Waals surface area contributed by atoms with Gasteiger partial charge in [0.15, 0.2) is 0 Å². The molecule has 1 aromatic heterocycles. The van der Waals surface area contributed by atoms with E-state index in [0.29, 0.717) is 9.86 Å². The average molecular weight is 305 g/mol. The van der Waals surface area contributed by atoms with Crippen molar-refractivity contribution in [2.24, 2.45) is 0 Å². The standard InChI is InChI=1S/C11H8BrF3N2/c1-5-8(16)6-3-2-4-7(12)9(6)17-10(5)11(13,14)15/h2-4H,1H3,(H2,16,17). The lowest BCUT2D eigenvalue weighted by atomic mass is 10.1.